The zero-order chi connectivity index (χ0) is 21.5. The van der Waals surface area contributed by atoms with E-state index in [4.69, 9.17) is 13.6 Å². The van der Waals surface area contributed by atoms with Gasteiger partial charge in [0.25, 0.3) is 0 Å². The van der Waals surface area contributed by atoms with Gasteiger partial charge >= 0.3 is 0 Å². The number of ketones is 1. The van der Waals surface area contributed by atoms with Crippen molar-refractivity contribution in [1.29, 1.82) is 0 Å². The zero-order valence-electron chi connectivity index (χ0n) is 17.0. The van der Waals surface area contributed by atoms with Crippen LogP contribution in [0.5, 0.6) is 5.75 Å². The van der Waals surface area contributed by atoms with E-state index in [1.54, 1.807) is 24.4 Å². The number of rotatable bonds is 5. The molecule has 3 aromatic heterocycles. The Balaban J connectivity index is 1.58. The molecule has 0 saturated heterocycles. The summed E-state index contributed by atoms with van der Waals surface area (Å²) in [5.74, 6) is 0.234. The third-order valence-electron chi connectivity index (χ3n) is 5.26. The third-order valence-corrected chi connectivity index (χ3v) is 5.26. The van der Waals surface area contributed by atoms with Crippen molar-refractivity contribution < 1.29 is 18.4 Å². The molecule has 0 saturated carbocycles. The van der Waals surface area contributed by atoms with Crippen LogP contribution in [-0.4, -0.2) is 17.4 Å². The van der Waals surface area contributed by atoms with E-state index >= 15 is 0 Å². The van der Waals surface area contributed by atoms with Crippen molar-refractivity contribution in [3.8, 4) is 17.3 Å². The fraction of sp³-hybridized carbons (Fsp3) is 0.120. The van der Waals surface area contributed by atoms with Gasteiger partial charge in [-0.1, -0.05) is 24.3 Å². The molecule has 31 heavy (non-hydrogen) atoms. The van der Waals surface area contributed by atoms with Gasteiger partial charge in [-0.3, -0.25) is 9.59 Å². The summed E-state index contributed by atoms with van der Waals surface area (Å²) in [6.07, 6.45) is 3.14. The van der Waals surface area contributed by atoms with Crippen LogP contribution in [0.3, 0.4) is 0 Å². The molecule has 0 unspecified atom stereocenters. The molecular formula is C25H19NO5. The maximum absolute atomic E-state index is 13.3. The van der Waals surface area contributed by atoms with Crippen LogP contribution < -0.4 is 10.2 Å². The van der Waals surface area contributed by atoms with E-state index in [0.717, 1.165) is 22.0 Å². The second-order valence-corrected chi connectivity index (χ2v) is 7.49. The van der Waals surface area contributed by atoms with Crippen molar-refractivity contribution in [2.45, 2.75) is 13.8 Å². The molecule has 6 heteroatoms. The summed E-state index contributed by atoms with van der Waals surface area (Å²) in [5.41, 5.74) is 3.26. The minimum Gasteiger partial charge on any atom is -0.478 e. The van der Waals surface area contributed by atoms with Gasteiger partial charge in [-0.25, -0.2) is 0 Å². The summed E-state index contributed by atoms with van der Waals surface area (Å²) >= 11 is 0. The molecule has 0 bridgehead atoms. The van der Waals surface area contributed by atoms with Gasteiger partial charge in [-0.15, -0.1) is 0 Å². The molecule has 0 fully saturated rings. The SMILES string of the molecule is Cc1cc(C)c2oc(-c3ccco3)c(OCC(=O)c3c[nH]c4ccccc34)c(=O)c2c1. The predicted octanol–water partition coefficient (Wildman–Crippen LogP) is 5.41. The Morgan fingerprint density at radius 2 is 1.90 bits per heavy atom. The number of H-pyrrole nitrogens is 1. The van der Waals surface area contributed by atoms with Crippen LogP contribution in [0, 0.1) is 13.8 Å². The highest BCUT2D eigenvalue weighted by Crippen LogP contribution is 2.33. The molecule has 0 atom stereocenters. The molecule has 0 aliphatic rings. The molecule has 0 aliphatic carbocycles. The number of furan rings is 1. The van der Waals surface area contributed by atoms with Crippen LogP contribution >= 0.6 is 0 Å². The smallest absolute Gasteiger partial charge is 0.235 e. The molecule has 5 rings (SSSR count). The normalized spacial score (nSPS) is 11.3. The number of hydrogen-bond donors (Lipinski definition) is 1. The Morgan fingerprint density at radius 1 is 1.06 bits per heavy atom. The number of ether oxygens (including phenoxy) is 1. The van der Waals surface area contributed by atoms with Crippen molar-refractivity contribution in [2.75, 3.05) is 6.61 Å². The van der Waals surface area contributed by atoms with Crippen molar-refractivity contribution in [1.82, 2.24) is 4.98 Å². The lowest BCUT2D eigenvalue weighted by Crippen LogP contribution is -2.17. The molecule has 2 aromatic carbocycles. The van der Waals surface area contributed by atoms with Gasteiger partial charge in [-0.05, 0) is 49.2 Å². The van der Waals surface area contributed by atoms with Crippen LogP contribution in [-0.2, 0) is 0 Å². The fourth-order valence-electron chi connectivity index (χ4n) is 3.85. The number of aromatic amines is 1. The molecule has 154 valence electrons. The largest absolute Gasteiger partial charge is 0.478 e. The number of aromatic nitrogens is 1. The Kier molecular flexibility index (Phi) is 4.47. The first-order chi connectivity index (χ1) is 15.0. The number of carbonyl (C=O) groups is 1. The maximum atomic E-state index is 13.3. The van der Waals surface area contributed by atoms with Crippen LogP contribution in [0.25, 0.3) is 33.4 Å². The van der Waals surface area contributed by atoms with Crippen molar-refractivity contribution in [2.24, 2.45) is 0 Å². The van der Waals surface area contributed by atoms with E-state index in [9.17, 15) is 9.59 Å². The molecule has 3 heterocycles. The van der Waals surface area contributed by atoms with Gasteiger partial charge < -0.3 is 18.6 Å². The highest BCUT2D eigenvalue weighted by Gasteiger charge is 2.22. The molecule has 6 nitrogen and oxygen atoms in total. The Hall–Kier alpha value is -4.06. The topological polar surface area (TPSA) is 85.4 Å². The van der Waals surface area contributed by atoms with Gasteiger partial charge in [0, 0.05) is 22.7 Å². The minimum absolute atomic E-state index is 0.0411. The number of fused-ring (bicyclic) bond motifs is 2. The van der Waals surface area contributed by atoms with E-state index < -0.39 is 0 Å². The summed E-state index contributed by atoms with van der Waals surface area (Å²) in [4.78, 5) is 29.3. The molecule has 0 radical (unpaired) electrons. The number of Topliss-reactive ketones (excluding diaryl/α,β-unsaturated/α-hetero) is 1. The molecule has 0 amide bonds. The van der Waals surface area contributed by atoms with Crippen LogP contribution in [0.4, 0.5) is 0 Å². The van der Waals surface area contributed by atoms with Gasteiger partial charge in [0.15, 0.2) is 12.4 Å². The van der Waals surface area contributed by atoms with Crippen molar-refractivity contribution in [3.63, 3.8) is 0 Å². The zero-order valence-corrected chi connectivity index (χ0v) is 17.0. The molecule has 5 aromatic rings. The van der Waals surface area contributed by atoms with Gasteiger partial charge in [0.05, 0.1) is 11.6 Å². The number of aryl methyl sites for hydroxylation is 2. The first-order valence-corrected chi connectivity index (χ1v) is 9.87. The molecular weight excluding hydrogens is 394 g/mol. The standard InChI is InChI=1S/C25H19NO5/c1-14-10-15(2)23-17(11-14)22(28)25(24(31-23)21-8-5-9-29-21)30-13-20(27)18-12-26-19-7-4-3-6-16(18)19/h3-12,26H,13H2,1-2H3. The molecule has 1 N–H and O–H groups in total. The first-order valence-electron chi connectivity index (χ1n) is 9.87. The molecule has 0 aliphatic heterocycles. The summed E-state index contributed by atoms with van der Waals surface area (Å²) in [6.45, 7) is 3.48. The Morgan fingerprint density at radius 3 is 2.71 bits per heavy atom. The third kappa shape index (κ3) is 3.22. The lowest BCUT2D eigenvalue weighted by Gasteiger charge is -2.11. The summed E-state index contributed by atoms with van der Waals surface area (Å²) in [7, 11) is 0. The second-order valence-electron chi connectivity index (χ2n) is 7.49. The van der Waals surface area contributed by atoms with Crippen molar-refractivity contribution in [3.05, 3.63) is 87.9 Å². The highest BCUT2D eigenvalue weighted by atomic mass is 16.5. The van der Waals surface area contributed by atoms with E-state index in [2.05, 4.69) is 4.98 Å². The van der Waals surface area contributed by atoms with E-state index in [-0.39, 0.29) is 29.3 Å². The number of carbonyl (C=O) groups excluding carboxylic acids is 1. The van der Waals surface area contributed by atoms with Crippen LogP contribution in [0.1, 0.15) is 21.5 Å². The van der Waals surface area contributed by atoms with Crippen LogP contribution in [0.2, 0.25) is 0 Å². The highest BCUT2D eigenvalue weighted by molar-refractivity contribution is 6.08. The van der Waals surface area contributed by atoms with Crippen molar-refractivity contribution >= 4 is 27.7 Å². The maximum Gasteiger partial charge on any atom is 0.235 e. The summed E-state index contributed by atoms with van der Waals surface area (Å²) < 4.78 is 17.3. The predicted molar refractivity (Wildman–Crippen MR) is 118 cm³/mol. The first kappa shape index (κ1) is 18.9. The average Bonchev–Trinajstić information content (AvgIpc) is 3.43. The van der Waals surface area contributed by atoms with E-state index in [1.165, 1.54) is 6.26 Å². The average molecular weight is 413 g/mol. The summed E-state index contributed by atoms with van der Waals surface area (Å²) in [6, 6.07) is 14.6. The van der Waals surface area contributed by atoms with E-state index in [1.807, 2.05) is 44.2 Å². The lowest BCUT2D eigenvalue weighted by molar-refractivity contribution is 0.0922. The Labute approximate surface area is 177 Å². The monoisotopic (exact) mass is 413 g/mol. The molecule has 0 spiro atoms. The number of para-hydroxylation sites is 1. The van der Waals surface area contributed by atoms with Gasteiger partial charge in [-0.2, -0.15) is 0 Å². The number of nitrogens with one attached hydrogen (secondary N) is 1. The van der Waals surface area contributed by atoms with Gasteiger partial charge in [0.2, 0.25) is 22.7 Å². The van der Waals surface area contributed by atoms with Crippen LogP contribution in [0.15, 0.2) is 74.6 Å². The second kappa shape index (κ2) is 7.32. The quantitative estimate of drug-likeness (QED) is 0.389. The summed E-state index contributed by atoms with van der Waals surface area (Å²) in [5, 5.41) is 1.21. The lowest BCUT2D eigenvalue weighted by atomic mass is 10.1. The van der Waals surface area contributed by atoms with E-state index in [0.29, 0.717) is 22.3 Å². The fourth-order valence-corrected chi connectivity index (χ4v) is 3.85. The minimum atomic E-state index is -0.342. The van der Waals surface area contributed by atoms with Gasteiger partial charge in [0.1, 0.15) is 5.58 Å². The number of hydrogen-bond acceptors (Lipinski definition) is 5. The Bertz CT molecular complexity index is 1490. The number of benzene rings is 2.